The second-order valence-electron chi connectivity index (χ2n) is 3.99. The number of phenols is 1. The average Bonchev–Trinajstić information content (AvgIpc) is 2.74. The number of H-pyrrole nitrogens is 1. The fourth-order valence-corrected chi connectivity index (χ4v) is 1.92. The molecule has 0 unspecified atom stereocenters. The summed E-state index contributed by atoms with van der Waals surface area (Å²) >= 11 is 0. The molecule has 0 spiro atoms. The summed E-state index contributed by atoms with van der Waals surface area (Å²) in [7, 11) is 0. The van der Waals surface area contributed by atoms with Crippen LogP contribution in [0.25, 0.3) is 22.0 Å². The monoisotopic (exact) mass is 225 g/mol. The van der Waals surface area contributed by atoms with E-state index >= 15 is 0 Å². The molecule has 1 aromatic carbocycles. The highest BCUT2D eigenvalue weighted by Gasteiger charge is 2.06. The van der Waals surface area contributed by atoms with E-state index in [1.165, 1.54) is 0 Å². The number of aryl methyl sites for hydroxylation is 1. The number of pyridine rings is 1. The fraction of sp³-hybridized carbons (Fsp3) is 0.0769. The fourth-order valence-electron chi connectivity index (χ4n) is 1.92. The quantitative estimate of drug-likeness (QED) is 0.669. The highest BCUT2D eigenvalue weighted by molar-refractivity contribution is 5.84. The van der Waals surface area contributed by atoms with Crippen LogP contribution in [0.3, 0.4) is 0 Å². The molecule has 0 aliphatic rings. The van der Waals surface area contributed by atoms with Crippen molar-refractivity contribution in [2.75, 3.05) is 0 Å². The molecule has 0 bridgehead atoms. The van der Waals surface area contributed by atoms with Crippen LogP contribution in [0.15, 0.2) is 36.7 Å². The molecule has 2 N–H and O–H groups in total. The molecule has 0 fully saturated rings. The third-order valence-corrected chi connectivity index (χ3v) is 2.81. The first-order valence-electron chi connectivity index (χ1n) is 5.33. The van der Waals surface area contributed by atoms with Crippen LogP contribution < -0.4 is 0 Å². The Morgan fingerprint density at radius 3 is 2.88 bits per heavy atom. The number of aromatic amines is 1. The molecule has 2 aromatic heterocycles. The number of hydrogen-bond donors (Lipinski definition) is 2. The summed E-state index contributed by atoms with van der Waals surface area (Å²) in [6.45, 7) is 1.94. The molecule has 4 heteroatoms. The van der Waals surface area contributed by atoms with Gasteiger partial charge in [-0.05, 0) is 31.2 Å². The molecule has 0 amide bonds. The van der Waals surface area contributed by atoms with Gasteiger partial charge in [0.05, 0.1) is 11.2 Å². The molecule has 0 aliphatic carbocycles. The summed E-state index contributed by atoms with van der Waals surface area (Å²) in [6.07, 6.45) is 3.66. The predicted molar refractivity (Wildman–Crippen MR) is 65.7 cm³/mol. The van der Waals surface area contributed by atoms with Gasteiger partial charge < -0.3 is 5.11 Å². The van der Waals surface area contributed by atoms with Crippen molar-refractivity contribution >= 4 is 10.9 Å². The third-order valence-electron chi connectivity index (χ3n) is 2.81. The van der Waals surface area contributed by atoms with Crippen molar-refractivity contribution in [3.8, 4) is 16.9 Å². The highest BCUT2D eigenvalue weighted by atomic mass is 16.3. The molecular formula is C13H11N3O. The van der Waals surface area contributed by atoms with Crippen LogP contribution in [-0.4, -0.2) is 20.3 Å². The molecule has 3 rings (SSSR count). The second-order valence-corrected chi connectivity index (χ2v) is 3.99. The predicted octanol–water partition coefficient (Wildman–Crippen LogP) is 2.64. The van der Waals surface area contributed by atoms with Crippen LogP contribution in [0, 0.1) is 6.92 Å². The zero-order valence-corrected chi connectivity index (χ0v) is 9.31. The van der Waals surface area contributed by atoms with Crippen molar-refractivity contribution in [1.29, 1.82) is 0 Å². The van der Waals surface area contributed by atoms with E-state index in [0.717, 1.165) is 27.7 Å². The largest absolute Gasteiger partial charge is 0.508 e. The lowest BCUT2D eigenvalue weighted by molar-refractivity contribution is 0.476. The smallest absolute Gasteiger partial charge is 0.116 e. The number of aromatic hydroxyl groups is 1. The lowest BCUT2D eigenvalue weighted by Crippen LogP contribution is -1.83. The Hall–Kier alpha value is -2.36. The molecule has 0 saturated carbocycles. The van der Waals surface area contributed by atoms with Crippen molar-refractivity contribution < 1.29 is 5.11 Å². The number of fused-ring (bicyclic) bond motifs is 1. The minimum atomic E-state index is 0.250. The van der Waals surface area contributed by atoms with Crippen LogP contribution >= 0.6 is 0 Å². The second kappa shape index (κ2) is 3.59. The molecule has 2 heterocycles. The first-order valence-corrected chi connectivity index (χ1v) is 5.33. The summed E-state index contributed by atoms with van der Waals surface area (Å²) in [4.78, 5) is 4.37. The molecule has 4 nitrogen and oxygen atoms in total. The summed E-state index contributed by atoms with van der Waals surface area (Å²) in [5.74, 6) is 0.250. The number of rotatable bonds is 1. The first-order chi connectivity index (χ1) is 8.24. The van der Waals surface area contributed by atoms with Gasteiger partial charge in [0, 0.05) is 28.9 Å². The number of hydrogen-bond acceptors (Lipinski definition) is 3. The Balaban J connectivity index is 2.22. The summed E-state index contributed by atoms with van der Waals surface area (Å²) in [5, 5.41) is 17.3. The van der Waals surface area contributed by atoms with Crippen molar-refractivity contribution in [2.24, 2.45) is 0 Å². The van der Waals surface area contributed by atoms with Gasteiger partial charge in [0.25, 0.3) is 0 Å². The van der Waals surface area contributed by atoms with Crippen molar-refractivity contribution in [3.63, 3.8) is 0 Å². The SMILES string of the molecule is Cc1n[nH]cc1-c1cnc2ccc(O)cc2c1. The molecule has 0 aliphatic heterocycles. The van der Waals surface area contributed by atoms with Crippen molar-refractivity contribution in [3.05, 3.63) is 42.4 Å². The number of benzene rings is 1. The van der Waals surface area contributed by atoms with E-state index in [9.17, 15) is 5.11 Å². The van der Waals surface area contributed by atoms with Gasteiger partial charge in [-0.3, -0.25) is 10.1 Å². The standard InChI is InChI=1S/C13H11N3O/c1-8-12(7-15-16-8)10-4-9-5-11(17)2-3-13(9)14-6-10/h2-7,17H,1H3,(H,15,16). The van der Waals surface area contributed by atoms with E-state index in [0.29, 0.717) is 0 Å². The van der Waals surface area contributed by atoms with Crippen LogP contribution in [0.1, 0.15) is 5.69 Å². The normalized spacial score (nSPS) is 10.9. The highest BCUT2D eigenvalue weighted by Crippen LogP contribution is 2.25. The van der Waals surface area contributed by atoms with Crippen LogP contribution in [0.4, 0.5) is 0 Å². The maximum Gasteiger partial charge on any atom is 0.116 e. The molecule has 3 aromatic rings. The number of nitrogens with zero attached hydrogens (tertiary/aromatic N) is 2. The first kappa shape index (κ1) is 9.84. The topological polar surface area (TPSA) is 61.8 Å². The lowest BCUT2D eigenvalue weighted by atomic mass is 10.1. The van der Waals surface area contributed by atoms with E-state index in [1.54, 1.807) is 18.2 Å². The molecule has 0 radical (unpaired) electrons. The zero-order chi connectivity index (χ0) is 11.8. The van der Waals surface area contributed by atoms with Gasteiger partial charge in [0.2, 0.25) is 0 Å². The van der Waals surface area contributed by atoms with Gasteiger partial charge in [-0.1, -0.05) is 0 Å². The number of phenolic OH excluding ortho intramolecular Hbond substituents is 1. The minimum Gasteiger partial charge on any atom is -0.508 e. The van der Waals surface area contributed by atoms with Crippen LogP contribution in [0.2, 0.25) is 0 Å². The van der Waals surface area contributed by atoms with Gasteiger partial charge in [0.1, 0.15) is 5.75 Å². The Bertz CT molecular complexity index is 688. The molecule has 0 atom stereocenters. The maximum absolute atomic E-state index is 9.46. The lowest BCUT2D eigenvalue weighted by Gasteiger charge is -2.02. The molecular weight excluding hydrogens is 214 g/mol. The molecule has 0 saturated heterocycles. The Morgan fingerprint density at radius 2 is 2.12 bits per heavy atom. The summed E-state index contributed by atoms with van der Waals surface area (Å²) in [5.41, 5.74) is 3.83. The number of aromatic nitrogens is 3. The average molecular weight is 225 g/mol. The van der Waals surface area contributed by atoms with Gasteiger partial charge in [-0.15, -0.1) is 0 Å². The van der Waals surface area contributed by atoms with E-state index < -0.39 is 0 Å². The van der Waals surface area contributed by atoms with E-state index in [4.69, 9.17) is 0 Å². The maximum atomic E-state index is 9.46. The third kappa shape index (κ3) is 1.63. The number of nitrogens with one attached hydrogen (secondary N) is 1. The van der Waals surface area contributed by atoms with Crippen LogP contribution in [-0.2, 0) is 0 Å². The van der Waals surface area contributed by atoms with Gasteiger partial charge >= 0.3 is 0 Å². The van der Waals surface area contributed by atoms with Crippen LogP contribution in [0.5, 0.6) is 5.75 Å². The molecule has 17 heavy (non-hydrogen) atoms. The zero-order valence-electron chi connectivity index (χ0n) is 9.31. The van der Waals surface area contributed by atoms with Gasteiger partial charge in [0.15, 0.2) is 0 Å². The van der Waals surface area contributed by atoms with E-state index in [1.807, 2.05) is 25.4 Å². The van der Waals surface area contributed by atoms with Gasteiger partial charge in [-0.25, -0.2) is 0 Å². The Morgan fingerprint density at radius 1 is 1.24 bits per heavy atom. The van der Waals surface area contributed by atoms with Gasteiger partial charge in [-0.2, -0.15) is 5.10 Å². The summed E-state index contributed by atoms with van der Waals surface area (Å²) in [6, 6.07) is 7.15. The van der Waals surface area contributed by atoms with E-state index in [-0.39, 0.29) is 5.75 Å². The van der Waals surface area contributed by atoms with Crippen molar-refractivity contribution in [2.45, 2.75) is 6.92 Å². The van der Waals surface area contributed by atoms with E-state index in [2.05, 4.69) is 15.2 Å². The minimum absolute atomic E-state index is 0.250. The summed E-state index contributed by atoms with van der Waals surface area (Å²) < 4.78 is 0. The molecule has 84 valence electrons. The Kier molecular flexibility index (Phi) is 2.08. The van der Waals surface area contributed by atoms with Crippen molar-refractivity contribution in [1.82, 2.24) is 15.2 Å². The Labute approximate surface area is 97.9 Å².